The summed E-state index contributed by atoms with van der Waals surface area (Å²) in [5, 5.41) is 0. The van der Waals surface area contributed by atoms with E-state index in [2.05, 4.69) is 4.74 Å². The van der Waals surface area contributed by atoms with Crippen LogP contribution >= 0.6 is 0 Å². The fourth-order valence-electron chi connectivity index (χ4n) is 3.75. The summed E-state index contributed by atoms with van der Waals surface area (Å²) < 4.78 is 37.4. The maximum Gasteiger partial charge on any atom is 0.305 e. The molecule has 0 amide bonds. The number of carbonyl (C=O) groups excluding carboxylic acids is 6. The second-order valence-electron chi connectivity index (χ2n) is 8.40. The number of carbonyl (C=O) groups is 6. The SMILES string of the molecule is COC(=O)CCC(=O)c1cccc(O[C@@H]2O[C@H](COC(C)=O)[C@@H](OC(C)=O)[C@H](OC(C)=O)[C@H]2OC(C)=O)c1N. The molecule has 1 saturated heterocycles. The highest BCUT2D eigenvalue weighted by Crippen LogP contribution is 2.34. The summed E-state index contributed by atoms with van der Waals surface area (Å²) in [5.74, 6) is -4.19. The van der Waals surface area contributed by atoms with Crippen molar-refractivity contribution in [3.8, 4) is 5.75 Å². The number of nitrogen functional groups attached to an aromatic ring is 1. The third kappa shape index (κ3) is 8.95. The molecule has 14 heteroatoms. The molecule has 2 rings (SSSR count). The van der Waals surface area contributed by atoms with E-state index >= 15 is 0 Å². The molecule has 2 N–H and O–H groups in total. The molecule has 1 aromatic rings. The highest BCUT2D eigenvalue weighted by molar-refractivity contribution is 6.02. The first-order valence-electron chi connectivity index (χ1n) is 11.8. The van der Waals surface area contributed by atoms with Crippen LogP contribution in [-0.4, -0.2) is 80.1 Å². The van der Waals surface area contributed by atoms with Crippen molar-refractivity contribution in [2.75, 3.05) is 19.5 Å². The van der Waals surface area contributed by atoms with Crippen LogP contribution in [-0.2, 0) is 52.4 Å². The topological polar surface area (TPSA) is 193 Å². The van der Waals surface area contributed by atoms with Crippen molar-refractivity contribution in [2.24, 2.45) is 0 Å². The molecule has 0 radical (unpaired) electrons. The van der Waals surface area contributed by atoms with Gasteiger partial charge in [0, 0.05) is 39.7 Å². The number of methoxy groups -OCH3 is 1. The van der Waals surface area contributed by atoms with E-state index in [0.717, 1.165) is 27.7 Å². The van der Waals surface area contributed by atoms with E-state index < -0.39 is 72.9 Å². The van der Waals surface area contributed by atoms with E-state index in [1.54, 1.807) is 0 Å². The predicted molar refractivity (Wildman–Crippen MR) is 129 cm³/mol. The van der Waals surface area contributed by atoms with Crippen molar-refractivity contribution in [3.63, 3.8) is 0 Å². The van der Waals surface area contributed by atoms with Gasteiger partial charge in [-0.25, -0.2) is 0 Å². The summed E-state index contributed by atoms with van der Waals surface area (Å²) in [4.78, 5) is 71.3. The Morgan fingerprint density at radius 3 is 1.97 bits per heavy atom. The van der Waals surface area contributed by atoms with Crippen LogP contribution in [0, 0.1) is 0 Å². The van der Waals surface area contributed by atoms with Gasteiger partial charge >= 0.3 is 29.8 Å². The van der Waals surface area contributed by atoms with Gasteiger partial charge in [-0.15, -0.1) is 0 Å². The van der Waals surface area contributed by atoms with Gasteiger partial charge in [-0.2, -0.15) is 0 Å². The number of ketones is 1. The molecular formula is C25H31NO13. The Hall–Kier alpha value is -4.20. The Morgan fingerprint density at radius 1 is 0.821 bits per heavy atom. The summed E-state index contributed by atoms with van der Waals surface area (Å²) in [6.45, 7) is 3.97. The van der Waals surface area contributed by atoms with E-state index in [1.165, 1.54) is 25.3 Å². The molecule has 0 saturated carbocycles. The van der Waals surface area contributed by atoms with Crippen LogP contribution in [0.2, 0.25) is 0 Å². The molecule has 1 fully saturated rings. The fourth-order valence-corrected chi connectivity index (χ4v) is 3.75. The number of ether oxygens (including phenoxy) is 7. The Kier molecular flexibility index (Phi) is 11.2. The molecule has 1 heterocycles. The van der Waals surface area contributed by atoms with E-state index in [1.807, 2.05) is 0 Å². The average molecular weight is 554 g/mol. The second kappa shape index (κ2) is 14.1. The molecule has 0 spiro atoms. The third-order valence-electron chi connectivity index (χ3n) is 5.34. The molecule has 0 aliphatic carbocycles. The van der Waals surface area contributed by atoms with Crippen LogP contribution in [0.4, 0.5) is 5.69 Å². The maximum atomic E-state index is 12.7. The van der Waals surface area contributed by atoms with Crippen molar-refractivity contribution in [3.05, 3.63) is 23.8 Å². The monoisotopic (exact) mass is 553 g/mol. The Bertz CT molecular complexity index is 1100. The lowest BCUT2D eigenvalue weighted by Gasteiger charge is -2.44. The predicted octanol–water partition coefficient (Wildman–Crippen LogP) is 0.867. The zero-order valence-corrected chi connectivity index (χ0v) is 22.1. The minimum absolute atomic E-state index is 0.0436. The van der Waals surface area contributed by atoms with Gasteiger partial charge in [0.1, 0.15) is 18.5 Å². The summed E-state index contributed by atoms with van der Waals surface area (Å²) in [6, 6.07) is 4.29. The van der Waals surface area contributed by atoms with Crippen LogP contribution in [0.15, 0.2) is 18.2 Å². The van der Waals surface area contributed by atoms with Gasteiger partial charge in [-0.05, 0) is 12.1 Å². The molecule has 0 unspecified atom stereocenters. The highest BCUT2D eigenvalue weighted by Gasteiger charge is 2.53. The standard InChI is InChI=1S/C25H31NO13/c1-12(27)34-11-19-22(35-13(2)28)23(36-14(3)29)24(37-15(4)30)25(39-19)38-18-8-6-7-16(21(18)26)17(31)9-10-20(32)33-5/h6-8,19,22-25H,9-11,26H2,1-5H3/t19-,22-,23+,24-,25-/m1/s1. The summed E-state index contributed by atoms with van der Waals surface area (Å²) in [6.07, 6.45) is -7.40. The van der Waals surface area contributed by atoms with E-state index in [0.29, 0.717) is 0 Å². The number of rotatable bonds is 11. The lowest BCUT2D eigenvalue weighted by Crippen LogP contribution is -2.63. The molecular weight excluding hydrogens is 522 g/mol. The molecule has 1 aromatic carbocycles. The minimum atomic E-state index is -1.53. The average Bonchev–Trinajstić information content (AvgIpc) is 2.85. The van der Waals surface area contributed by atoms with E-state index in [-0.39, 0.29) is 29.8 Å². The Labute approximate surface area is 223 Å². The first-order valence-corrected chi connectivity index (χ1v) is 11.8. The van der Waals surface area contributed by atoms with Crippen LogP contribution in [0.25, 0.3) is 0 Å². The first-order chi connectivity index (χ1) is 18.3. The second-order valence-corrected chi connectivity index (χ2v) is 8.40. The van der Waals surface area contributed by atoms with Gasteiger partial charge in [-0.1, -0.05) is 6.07 Å². The number of para-hydroxylation sites is 1. The minimum Gasteiger partial charge on any atom is -0.469 e. The summed E-state index contributed by atoms with van der Waals surface area (Å²) in [7, 11) is 1.20. The van der Waals surface area contributed by atoms with Crippen molar-refractivity contribution < 1.29 is 61.9 Å². The summed E-state index contributed by atoms with van der Waals surface area (Å²) >= 11 is 0. The molecule has 214 valence electrons. The first kappa shape index (κ1) is 31.0. The van der Waals surface area contributed by atoms with E-state index in [9.17, 15) is 28.8 Å². The number of anilines is 1. The molecule has 0 bridgehead atoms. The lowest BCUT2D eigenvalue weighted by molar-refractivity contribution is -0.288. The molecule has 0 aromatic heterocycles. The number of esters is 5. The fraction of sp³-hybridized carbons (Fsp3) is 0.520. The highest BCUT2D eigenvalue weighted by atomic mass is 16.7. The zero-order chi connectivity index (χ0) is 29.3. The van der Waals surface area contributed by atoms with Crippen molar-refractivity contribution in [2.45, 2.75) is 71.2 Å². The number of Topliss-reactive ketones (excluding diaryl/α,β-unsaturated/α-hetero) is 1. The van der Waals surface area contributed by atoms with E-state index in [4.69, 9.17) is 34.2 Å². The smallest absolute Gasteiger partial charge is 0.305 e. The molecule has 5 atom stereocenters. The molecule has 1 aliphatic heterocycles. The van der Waals surface area contributed by atoms with Crippen molar-refractivity contribution in [1.29, 1.82) is 0 Å². The van der Waals surface area contributed by atoms with Crippen LogP contribution in [0.3, 0.4) is 0 Å². The largest absolute Gasteiger partial charge is 0.469 e. The molecule has 1 aliphatic rings. The van der Waals surface area contributed by atoms with Gasteiger partial charge in [0.25, 0.3) is 0 Å². The van der Waals surface area contributed by atoms with Gasteiger partial charge < -0.3 is 38.9 Å². The van der Waals surface area contributed by atoms with Crippen LogP contribution in [0.1, 0.15) is 50.9 Å². The van der Waals surface area contributed by atoms with Crippen LogP contribution < -0.4 is 10.5 Å². The zero-order valence-electron chi connectivity index (χ0n) is 22.1. The van der Waals surface area contributed by atoms with Crippen molar-refractivity contribution >= 4 is 41.3 Å². The number of benzene rings is 1. The van der Waals surface area contributed by atoms with Crippen LogP contribution in [0.5, 0.6) is 5.75 Å². The van der Waals surface area contributed by atoms with Gasteiger partial charge in [0.15, 0.2) is 18.0 Å². The maximum absolute atomic E-state index is 12.7. The normalized spacial score (nSPS) is 22.1. The molecule has 39 heavy (non-hydrogen) atoms. The number of hydrogen-bond donors (Lipinski definition) is 1. The lowest BCUT2D eigenvalue weighted by atomic mass is 9.98. The molecule has 14 nitrogen and oxygen atoms in total. The van der Waals surface area contributed by atoms with Crippen molar-refractivity contribution in [1.82, 2.24) is 0 Å². The van der Waals surface area contributed by atoms with Gasteiger partial charge in [-0.3, -0.25) is 28.8 Å². The third-order valence-corrected chi connectivity index (χ3v) is 5.34. The Morgan fingerprint density at radius 2 is 1.41 bits per heavy atom. The van der Waals surface area contributed by atoms with Gasteiger partial charge in [0.2, 0.25) is 12.4 Å². The number of nitrogens with two attached hydrogens (primary N) is 1. The quantitative estimate of drug-likeness (QED) is 0.175. The van der Waals surface area contributed by atoms with Gasteiger partial charge in [0.05, 0.1) is 19.2 Å². The summed E-state index contributed by atoms with van der Waals surface area (Å²) in [5.41, 5.74) is 6.11. The Balaban J connectivity index is 2.47. The number of hydrogen-bond acceptors (Lipinski definition) is 14.